The summed E-state index contributed by atoms with van der Waals surface area (Å²) in [5, 5.41) is 15.2. The van der Waals surface area contributed by atoms with E-state index in [-0.39, 0.29) is 11.9 Å². The van der Waals surface area contributed by atoms with Crippen molar-refractivity contribution in [2.24, 2.45) is 5.92 Å². The standard InChI is InChI=1S/C17H23N3O/c1-13(16-5-2-15(12-18)3-6-16)20-17(21)7-4-14-8-10-19-11-9-14/h2-3,5-6,13-14,19H,4,7-11H2,1H3,(H,20,21). The van der Waals surface area contributed by atoms with Crippen LogP contribution in [0.1, 0.15) is 49.8 Å². The summed E-state index contributed by atoms with van der Waals surface area (Å²) in [6.07, 6.45) is 3.94. The van der Waals surface area contributed by atoms with Crippen LogP contribution in [0.15, 0.2) is 24.3 Å². The van der Waals surface area contributed by atoms with Gasteiger partial charge in [0.1, 0.15) is 0 Å². The maximum absolute atomic E-state index is 12.0. The maximum Gasteiger partial charge on any atom is 0.220 e. The molecule has 1 aromatic rings. The fourth-order valence-corrected chi connectivity index (χ4v) is 2.75. The number of amides is 1. The summed E-state index contributed by atoms with van der Waals surface area (Å²) in [6.45, 7) is 4.13. The van der Waals surface area contributed by atoms with Crippen molar-refractivity contribution in [2.45, 2.75) is 38.6 Å². The molecule has 1 aliphatic rings. The Morgan fingerprint density at radius 1 is 1.38 bits per heavy atom. The average Bonchev–Trinajstić information content (AvgIpc) is 2.54. The van der Waals surface area contributed by atoms with Gasteiger partial charge in [-0.25, -0.2) is 0 Å². The zero-order valence-electron chi connectivity index (χ0n) is 12.6. The SMILES string of the molecule is CC(NC(=O)CCC1CCNCC1)c1ccc(C#N)cc1. The summed E-state index contributed by atoms with van der Waals surface area (Å²) in [7, 11) is 0. The van der Waals surface area contributed by atoms with E-state index in [1.807, 2.05) is 19.1 Å². The number of nitriles is 1. The summed E-state index contributed by atoms with van der Waals surface area (Å²) in [4.78, 5) is 12.0. The molecule has 2 N–H and O–H groups in total. The van der Waals surface area contributed by atoms with E-state index >= 15 is 0 Å². The van der Waals surface area contributed by atoms with Gasteiger partial charge in [0.15, 0.2) is 0 Å². The van der Waals surface area contributed by atoms with Crippen LogP contribution in [0.5, 0.6) is 0 Å². The minimum atomic E-state index is -0.0155. The lowest BCUT2D eigenvalue weighted by Gasteiger charge is -2.22. The average molecular weight is 285 g/mol. The Kier molecular flexibility index (Phi) is 5.77. The van der Waals surface area contributed by atoms with Crippen LogP contribution in [-0.4, -0.2) is 19.0 Å². The van der Waals surface area contributed by atoms with Crippen LogP contribution in [0.25, 0.3) is 0 Å². The summed E-state index contributed by atoms with van der Waals surface area (Å²) >= 11 is 0. The molecule has 112 valence electrons. The molecular weight excluding hydrogens is 262 g/mol. The Bertz CT molecular complexity index is 498. The van der Waals surface area contributed by atoms with E-state index in [1.54, 1.807) is 12.1 Å². The second-order valence-corrected chi connectivity index (χ2v) is 5.76. The number of nitrogens with one attached hydrogen (secondary N) is 2. The highest BCUT2D eigenvalue weighted by molar-refractivity contribution is 5.76. The third-order valence-corrected chi connectivity index (χ3v) is 4.16. The molecule has 2 rings (SSSR count). The quantitative estimate of drug-likeness (QED) is 0.873. The molecule has 0 bridgehead atoms. The number of rotatable bonds is 5. The second kappa shape index (κ2) is 7.80. The highest BCUT2D eigenvalue weighted by Crippen LogP contribution is 2.18. The Morgan fingerprint density at radius 2 is 2.05 bits per heavy atom. The lowest BCUT2D eigenvalue weighted by molar-refractivity contribution is -0.122. The van der Waals surface area contributed by atoms with Crippen molar-refractivity contribution < 1.29 is 4.79 Å². The van der Waals surface area contributed by atoms with Crippen LogP contribution in [0.4, 0.5) is 0 Å². The van der Waals surface area contributed by atoms with Crippen LogP contribution in [-0.2, 0) is 4.79 Å². The Morgan fingerprint density at radius 3 is 2.67 bits per heavy atom. The first-order valence-corrected chi connectivity index (χ1v) is 7.69. The number of nitrogens with zero attached hydrogens (tertiary/aromatic N) is 1. The van der Waals surface area contributed by atoms with Gasteiger partial charge in [0.25, 0.3) is 0 Å². The van der Waals surface area contributed by atoms with E-state index in [9.17, 15) is 4.79 Å². The molecule has 0 radical (unpaired) electrons. The predicted octanol–water partition coefficient (Wildman–Crippen LogP) is 2.52. The molecule has 1 aliphatic heterocycles. The number of carbonyl (C=O) groups is 1. The molecule has 1 unspecified atom stereocenters. The smallest absolute Gasteiger partial charge is 0.220 e. The van der Waals surface area contributed by atoms with Crippen LogP contribution in [0.3, 0.4) is 0 Å². The topological polar surface area (TPSA) is 64.9 Å². The molecule has 0 aliphatic carbocycles. The number of benzene rings is 1. The van der Waals surface area contributed by atoms with Crippen molar-refractivity contribution in [3.05, 3.63) is 35.4 Å². The predicted molar refractivity (Wildman–Crippen MR) is 82.5 cm³/mol. The van der Waals surface area contributed by atoms with Gasteiger partial charge in [0.05, 0.1) is 17.7 Å². The normalized spacial score (nSPS) is 17.0. The van der Waals surface area contributed by atoms with Gasteiger partial charge >= 0.3 is 0 Å². The number of carbonyl (C=O) groups excluding carboxylic acids is 1. The molecule has 1 saturated heterocycles. The van der Waals surface area contributed by atoms with E-state index in [4.69, 9.17) is 5.26 Å². The molecule has 0 aromatic heterocycles. The molecule has 1 atom stereocenters. The zero-order valence-corrected chi connectivity index (χ0v) is 12.6. The molecule has 0 saturated carbocycles. The number of hydrogen-bond donors (Lipinski definition) is 2. The van der Waals surface area contributed by atoms with Crippen molar-refractivity contribution in [3.63, 3.8) is 0 Å². The van der Waals surface area contributed by atoms with Gasteiger partial charge < -0.3 is 10.6 Å². The molecule has 1 heterocycles. The van der Waals surface area contributed by atoms with Crippen molar-refractivity contribution in [1.29, 1.82) is 5.26 Å². The monoisotopic (exact) mass is 285 g/mol. The molecule has 1 fully saturated rings. The summed E-state index contributed by atoms with van der Waals surface area (Å²) in [5.41, 5.74) is 1.67. The van der Waals surface area contributed by atoms with E-state index in [0.29, 0.717) is 17.9 Å². The third kappa shape index (κ3) is 4.87. The zero-order chi connectivity index (χ0) is 15.1. The van der Waals surface area contributed by atoms with E-state index in [2.05, 4.69) is 16.7 Å². The minimum Gasteiger partial charge on any atom is -0.350 e. The van der Waals surface area contributed by atoms with Crippen LogP contribution in [0.2, 0.25) is 0 Å². The van der Waals surface area contributed by atoms with Crippen molar-refractivity contribution in [3.8, 4) is 6.07 Å². The van der Waals surface area contributed by atoms with E-state index < -0.39 is 0 Å². The number of piperidine rings is 1. The summed E-state index contributed by atoms with van der Waals surface area (Å²) in [5.74, 6) is 0.799. The van der Waals surface area contributed by atoms with Crippen LogP contribution in [0, 0.1) is 17.2 Å². The highest BCUT2D eigenvalue weighted by atomic mass is 16.1. The van der Waals surface area contributed by atoms with Crippen molar-refractivity contribution in [1.82, 2.24) is 10.6 Å². The lowest BCUT2D eigenvalue weighted by Crippen LogP contribution is -2.30. The van der Waals surface area contributed by atoms with Gasteiger partial charge in [-0.1, -0.05) is 12.1 Å². The molecule has 21 heavy (non-hydrogen) atoms. The van der Waals surface area contributed by atoms with Gasteiger partial charge in [0, 0.05) is 6.42 Å². The van der Waals surface area contributed by atoms with Crippen LogP contribution < -0.4 is 10.6 Å². The van der Waals surface area contributed by atoms with E-state index in [0.717, 1.165) is 25.1 Å². The fraction of sp³-hybridized carbons (Fsp3) is 0.529. The largest absolute Gasteiger partial charge is 0.350 e. The summed E-state index contributed by atoms with van der Waals surface area (Å²) in [6, 6.07) is 9.45. The molecule has 1 aromatic carbocycles. The molecule has 4 heteroatoms. The Labute approximate surface area is 126 Å². The molecular formula is C17H23N3O. The Hall–Kier alpha value is -1.86. The second-order valence-electron chi connectivity index (χ2n) is 5.76. The molecule has 4 nitrogen and oxygen atoms in total. The highest BCUT2D eigenvalue weighted by Gasteiger charge is 2.15. The third-order valence-electron chi connectivity index (χ3n) is 4.16. The van der Waals surface area contributed by atoms with Crippen LogP contribution >= 0.6 is 0 Å². The first kappa shape index (κ1) is 15.5. The fourth-order valence-electron chi connectivity index (χ4n) is 2.75. The number of hydrogen-bond acceptors (Lipinski definition) is 3. The van der Waals surface area contributed by atoms with Crippen molar-refractivity contribution in [2.75, 3.05) is 13.1 Å². The molecule has 1 amide bonds. The van der Waals surface area contributed by atoms with E-state index in [1.165, 1.54) is 12.8 Å². The van der Waals surface area contributed by atoms with Gasteiger partial charge in [-0.15, -0.1) is 0 Å². The first-order valence-electron chi connectivity index (χ1n) is 7.69. The minimum absolute atomic E-state index is 0.0155. The van der Waals surface area contributed by atoms with Crippen molar-refractivity contribution >= 4 is 5.91 Å². The van der Waals surface area contributed by atoms with Gasteiger partial charge in [-0.05, 0) is 62.9 Å². The maximum atomic E-state index is 12.0. The lowest BCUT2D eigenvalue weighted by atomic mass is 9.93. The summed E-state index contributed by atoms with van der Waals surface area (Å²) < 4.78 is 0. The first-order chi connectivity index (χ1) is 10.2. The van der Waals surface area contributed by atoms with Gasteiger partial charge in [0.2, 0.25) is 5.91 Å². The molecule has 0 spiro atoms. The van der Waals surface area contributed by atoms with Gasteiger partial charge in [-0.3, -0.25) is 4.79 Å². The Balaban J connectivity index is 1.76. The van der Waals surface area contributed by atoms with Gasteiger partial charge in [-0.2, -0.15) is 5.26 Å².